The van der Waals surface area contributed by atoms with Crippen molar-refractivity contribution in [1.82, 2.24) is 19.9 Å². The summed E-state index contributed by atoms with van der Waals surface area (Å²) < 4.78 is 10.8. The van der Waals surface area contributed by atoms with Crippen molar-refractivity contribution < 1.29 is 9.47 Å². The number of fused-ring (bicyclic) bond motifs is 1. The first-order valence-electron chi connectivity index (χ1n) is 10.4. The fraction of sp³-hybridized carbons (Fsp3) is 0.167. The second kappa shape index (κ2) is 9.24. The van der Waals surface area contributed by atoms with E-state index in [1.165, 1.54) is 0 Å². The molecule has 0 saturated heterocycles. The zero-order chi connectivity index (χ0) is 23.7. The third-order valence-electron chi connectivity index (χ3n) is 5.35. The third-order valence-corrected chi connectivity index (χ3v) is 7.24. The van der Waals surface area contributed by atoms with E-state index in [-0.39, 0.29) is 0 Å². The van der Waals surface area contributed by atoms with Crippen LogP contribution in [0.5, 0.6) is 11.5 Å². The lowest BCUT2D eigenvalue weighted by Crippen LogP contribution is -2.17. The first-order valence-corrected chi connectivity index (χ1v) is 12.2. The summed E-state index contributed by atoms with van der Waals surface area (Å²) >= 11 is 3.26. The summed E-state index contributed by atoms with van der Waals surface area (Å²) in [7, 11) is 7.16. The SMILES string of the molecule is COc1ccc(-c2cnc3nc(N(C)c4cccs4)nc(N(C)c4cccs4)c3n2)cc1OC. The molecule has 0 aliphatic rings. The number of benzene rings is 1. The lowest BCUT2D eigenvalue weighted by atomic mass is 10.1. The van der Waals surface area contributed by atoms with Crippen molar-refractivity contribution in [2.24, 2.45) is 0 Å². The van der Waals surface area contributed by atoms with Crippen LogP contribution >= 0.6 is 22.7 Å². The maximum atomic E-state index is 5.46. The smallest absolute Gasteiger partial charge is 0.234 e. The molecule has 0 spiro atoms. The molecule has 172 valence electrons. The Bertz CT molecular complexity index is 1420. The number of rotatable bonds is 7. The Morgan fingerprint density at radius 3 is 2.15 bits per heavy atom. The number of thiophene rings is 2. The van der Waals surface area contributed by atoms with Crippen LogP contribution in [0.15, 0.2) is 59.4 Å². The molecule has 0 fully saturated rings. The summed E-state index contributed by atoms with van der Waals surface area (Å²) in [5.41, 5.74) is 2.69. The minimum Gasteiger partial charge on any atom is -0.493 e. The van der Waals surface area contributed by atoms with Crippen molar-refractivity contribution in [3.05, 3.63) is 59.4 Å². The standard InChI is InChI=1S/C24H22N6O2S2/c1-29(19-7-5-11-33-19)23-21-22(27-24(28-23)30(2)20-8-6-12-34-20)25-14-16(26-21)15-9-10-17(31-3)18(13-15)32-4/h5-14H,1-4H3. The molecule has 1 aromatic carbocycles. The van der Waals surface area contributed by atoms with Crippen LogP contribution in [0.25, 0.3) is 22.4 Å². The fourth-order valence-electron chi connectivity index (χ4n) is 3.52. The molecular formula is C24H22N6O2S2. The molecule has 0 unspecified atom stereocenters. The van der Waals surface area contributed by atoms with Gasteiger partial charge in [0.15, 0.2) is 28.5 Å². The van der Waals surface area contributed by atoms with Crippen LogP contribution in [-0.4, -0.2) is 48.3 Å². The predicted octanol–water partition coefficient (Wildman–Crippen LogP) is 5.76. The van der Waals surface area contributed by atoms with E-state index in [2.05, 4.69) is 4.98 Å². The summed E-state index contributed by atoms with van der Waals surface area (Å²) in [6.45, 7) is 0. The maximum Gasteiger partial charge on any atom is 0.234 e. The van der Waals surface area contributed by atoms with Crippen molar-refractivity contribution in [2.45, 2.75) is 0 Å². The Hall–Kier alpha value is -3.76. The molecule has 34 heavy (non-hydrogen) atoms. The summed E-state index contributed by atoms with van der Waals surface area (Å²) in [5.74, 6) is 2.52. The van der Waals surface area contributed by atoms with E-state index < -0.39 is 0 Å². The van der Waals surface area contributed by atoms with Crippen molar-refractivity contribution in [3.63, 3.8) is 0 Å². The van der Waals surface area contributed by atoms with Gasteiger partial charge in [0, 0.05) is 19.7 Å². The van der Waals surface area contributed by atoms with E-state index in [0.717, 1.165) is 15.6 Å². The molecule has 0 amide bonds. The number of nitrogens with zero attached hydrogens (tertiary/aromatic N) is 6. The molecule has 10 heteroatoms. The number of hydrogen-bond acceptors (Lipinski definition) is 10. The van der Waals surface area contributed by atoms with Crippen molar-refractivity contribution >= 4 is 55.6 Å². The predicted molar refractivity (Wildman–Crippen MR) is 138 cm³/mol. The molecule has 5 aromatic rings. The van der Waals surface area contributed by atoms with Crippen LogP contribution < -0.4 is 19.3 Å². The molecule has 0 aliphatic carbocycles. The van der Waals surface area contributed by atoms with E-state index in [4.69, 9.17) is 24.4 Å². The normalized spacial score (nSPS) is 10.9. The molecule has 0 bridgehead atoms. The highest BCUT2D eigenvalue weighted by atomic mass is 32.1. The maximum absolute atomic E-state index is 5.46. The van der Waals surface area contributed by atoms with Crippen LogP contribution in [0.1, 0.15) is 0 Å². The highest BCUT2D eigenvalue weighted by Gasteiger charge is 2.20. The van der Waals surface area contributed by atoms with E-state index in [9.17, 15) is 0 Å². The van der Waals surface area contributed by atoms with Gasteiger partial charge in [0.05, 0.1) is 36.1 Å². The average Bonchev–Trinajstić information content (AvgIpc) is 3.61. The minimum atomic E-state index is 0.524. The first-order chi connectivity index (χ1) is 16.6. The Kier molecular flexibility index (Phi) is 5.99. The fourth-order valence-corrected chi connectivity index (χ4v) is 4.92. The quantitative estimate of drug-likeness (QED) is 0.285. The van der Waals surface area contributed by atoms with Gasteiger partial charge in [0.25, 0.3) is 0 Å². The molecule has 0 atom stereocenters. The number of anilines is 4. The molecule has 8 nitrogen and oxygen atoms in total. The molecule has 0 saturated carbocycles. The van der Waals surface area contributed by atoms with Crippen molar-refractivity contribution in [2.75, 3.05) is 38.1 Å². The highest BCUT2D eigenvalue weighted by Crippen LogP contribution is 2.36. The largest absolute Gasteiger partial charge is 0.493 e. The minimum absolute atomic E-state index is 0.524. The van der Waals surface area contributed by atoms with Crippen LogP contribution in [0.4, 0.5) is 21.8 Å². The van der Waals surface area contributed by atoms with Gasteiger partial charge < -0.3 is 19.3 Å². The second-order valence-electron chi connectivity index (χ2n) is 7.37. The molecule has 0 radical (unpaired) electrons. The van der Waals surface area contributed by atoms with E-state index in [1.807, 2.05) is 77.1 Å². The zero-order valence-electron chi connectivity index (χ0n) is 19.1. The molecule has 4 heterocycles. The first kappa shape index (κ1) is 22.1. The Balaban J connectivity index is 1.67. The Morgan fingerprint density at radius 1 is 0.794 bits per heavy atom. The number of ether oxygens (including phenoxy) is 2. The lowest BCUT2D eigenvalue weighted by molar-refractivity contribution is 0.355. The zero-order valence-corrected chi connectivity index (χ0v) is 20.7. The average molecular weight is 491 g/mol. The van der Waals surface area contributed by atoms with Crippen LogP contribution in [-0.2, 0) is 0 Å². The van der Waals surface area contributed by atoms with Gasteiger partial charge in [-0.15, -0.1) is 22.7 Å². The number of methoxy groups -OCH3 is 2. The molecule has 4 aromatic heterocycles. The van der Waals surface area contributed by atoms with Crippen LogP contribution in [0.2, 0.25) is 0 Å². The van der Waals surface area contributed by atoms with Gasteiger partial charge in [-0.05, 0) is 53.2 Å². The second-order valence-corrected chi connectivity index (χ2v) is 9.22. The molecule has 0 N–H and O–H groups in total. The summed E-state index contributed by atoms with van der Waals surface area (Å²) in [5, 5.41) is 6.15. The summed E-state index contributed by atoms with van der Waals surface area (Å²) in [6, 6.07) is 13.8. The number of hydrogen-bond donors (Lipinski definition) is 0. The Labute approximate surface area is 205 Å². The van der Waals surface area contributed by atoms with Gasteiger partial charge in [-0.25, -0.2) is 9.97 Å². The van der Waals surface area contributed by atoms with Gasteiger partial charge >= 0.3 is 0 Å². The number of aromatic nitrogens is 4. The van der Waals surface area contributed by atoms with Crippen molar-refractivity contribution in [1.29, 1.82) is 0 Å². The summed E-state index contributed by atoms with van der Waals surface area (Å²) in [4.78, 5) is 23.2. The van der Waals surface area contributed by atoms with Gasteiger partial charge in [-0.3, -0.25) is 0 Å². The summed E-state index contributed by atoms with van der Waals surface area (Å²) in [6.07, 6.45) is 1.72. The van der Waals surface area contributed by atoms with Gasteiger partial charge in [0.1, 0.15) is 0 Å². The van der Waals surface area contributed by atoms with Crippen molar-refractivity contribution in [3.8, 4) is 22.8 Å². The molecule has 5 rings (SSSR count). The molecule has 0 aliphatic heterocycles. The van der Waals surface area contributed by atoms with Gasteiger partial charge in [0.2, 0.25) is 5.95 Å². The topological polar surface area (TPSA) is 76.5 Å². The van der Waals surface area contributed by atoms with E-state index in [1.54, 1.807) is 43.1 Å². The lowest BCUT2D eigenvalue weighted by Gasteiger charge is -2.21. The Morgan fingerprint density at radius 2 is 1.50 bits per heavy atom. The van der Waals surface area contributed by atoms with Gasteiger partial charge in [-0.2, -0.15) is 9.97 Å². The third kappa shape index (κ3) is 4.02. The monoisotopic (exact) mass is 490 g/mol. The highest BCUT2D eigenvalue weighted by molar-refractivity contribution is 7.14. The molecular weight excluding hydrogens is 468 g/mol. The van der Waals surface area contributed by atoms with Gasteiger partial charge in [-0.1, -0.05) is 0 Å². The van der Waals surface area contributed by atoms with Crippen LogP contribution in [0, 0.1) is 0 Å². The van der Waals surface area contributed by atoms with E-state index >= 15 is 0 Å². The van der Waals surface area contributed by atoms with Crippen LogP contribution in [0.3, 0.4) is 0 Å². The van der Waals surface area contributed by atoms with E-state index in [0.29, 0.717) is 40.1 Å².